The lowest BCUT2D eigenvalue weighted by molar-refractivity contribution is -0.133. The average molecular weight is 278 g/mol. The fourth-order valence-electron chi connectivity index (χ4n) is 1.92. The average Bonchev–Trinajstić information content (AvgIpc) is 2.63. The molecule has 0 atom stereocenters. The maximum Gasteiger partial charge on any atom is 0.313 e. The van der Waals surface area contributed by atoms with Crippen LogP contribution in [0.2, 0.25) is 0 Å². The van der Waals surface area contributed by atoms with E-state index in [2.05, 4.69) is 30.3 Å². The second kappa shape index (κ2) is 5.25. The predicted molar refractivity (Wildman–Crippen MR) is 77.5 cm³/mol. The van der Waals surface area contributed by atoms with E-state index in [4.69, 9.17) is 5.11 Å². The second-order valence-electron chi connectivity index (χ2n) is 5.71. The van der Waals surface area contributed by atoms with Crippen LogP contribution in [-0.4, -0.2) is 26.4 Å². The van der Waals surface area contributed by atoms with E-state index in [9.17, 15) is 4.79 Å². The zero-order chi connectivity index (χ0) is 14.0. The molecule has 1 aromatic carbocycles. The minimum atomic E-state index is -0.820. The summed E-state index contributed by atoms with van der Waals surface area (Å²) in [6.07, 6.45) is 0. The summed E-state index contributed by atoms with van der Waals surface area (Å²) in [6.45, 7) is 7.30. The highest BCUT2D eigenvalue weighted by Gasteiger charge is 2.18. The summed E-state index contributed by atoms with van der Waals surface area (Å²) >= 11 is 1.27. The van der Waals surface area contributed by atoms with Gasteiger partial charge in [-0.2, -0.15) is 0 Å². The normalized spacial score (nSPS) is 11.9. The molecule has 19 heavy (non-hydrogen) atoms. The van der Waals surface area contributed by atoms with E-state index in [0.717, 1.165) is 22.7 Å². The van der Waals surface area contributed by atoms with Crippen molar-refractivity contribution < 1.29 is 9.90 Å². The Kier molecular flexibility index (Phi) is 3.85. The standard InChI is InChI=1S/C14H18N2O2S/c1-14(2,3)9-16-11-7-5-4-6-10(11)15-13(16)19-8-12(17)18/h4-7H,8-9H2,1-3H3,(H,17,18). The van der Waals surface area contributed by atoms with Crippen molar-refractivity contribution in [3.63, 3.8) is 0 Å². The van der Waals surface area contributed by atoms with Gasteiger partial charge < -0.3 is 9.67 Å². The van der Waals surface area contributed by atoms with Crippen LogP contribution in [0, 0.1) is 5.41 Å². The number of aliphatic carboxylic acids is 1. The summed E-state index contributed by atoms with van der Waals surface area (Å²) in [7, 11) is 0. The van der Waals surface area contributed by atoms with Gasteiger partial charge in [-0.05, 0) is 17.5 Å². The van der Waals surface area contributed by atoms with Crippen molar-refractivity contribution >= 4 is 28.8 Å². The number of fused-ring (bicyclic) bond motifs is 1. The molecule has 2 rings (SSSR count). The monoisotopic (exact) mass is 278 g/mol. The Morgan fingerprint density at radius 3 is 2.68 bits per heavy atom. The number of hydrogen-bond acceptors (Lipinski definition) is 3. The zero-order valence-electron chi connectivity index (χ0n) is 11.4. The van der Waals surface area contributed by atoms with Crippen LogP contribution in [0.3, 0.4) is 0 Å². The van der Waals surface area contributed by atoms with E-state index >= 15 is 0 Å². The first-order valence-electron chi connectivity index (χ1n) is 6.17. The first-order chi connectivity index (χ1) is 8.87. The lowest BCUT2D eigenvalue weighted by Crippen LogP contribution is -2.16. The van der Waals surface area contributed by atoms with Crippen LogP contribution < -0.4 is 0 Å². The van der Waals surface area contributed by atoms with Crippen LogP contribution in [0.25, 0.3) is 11.0 Å². The molecule has 4 nitrogen and oxygen atoms in total. The van der Waals surface area contributed by atoms with Crippen LogP contribution in [0.1, 0.15) is 20.8 Å². The van der Waals surface area contributed by atoms with E-state index in [1.807, 2.05) is 24.3 Å². The first-order valence-corrected chi connectivity index (χ1v) is 7.15. The highest BCUT2D eigenvalue weighted by atomic mass is 32.2. The molecule has 0 saturated heterocycles. The van der Waals surface area contributed by atoms with Gasteiger partial charge in [-0.3, -0.25) is 4.79 Å². The van der Waals surface area contributed by atoms with Crippen molar-refractivity contribution in [1.82, 2.24) is 9.55 Å². The number of thioether (sulfide) groups is 1. The Bertz CT molecular complexity index is 599. The summed E-state index contributed by atoms with van der Waals surface area (Å²) in [5.74, 6) is -0.785. The molecule has 1 heterocycles. The molecule has 0 spiro atoms. The van der Waals surface area contributed by atoms with Crippen LogP contribution in [-0.2, 0) is 11.3 Å². The van der Waals surface area contributed by atoms with Gasteiger partial charge in [0.25, 0.3) is 0 Å². The number of nitrogens with zero attached hydrogens (tertiary/aromatic N) is 2. The molecule has 0 saturated carbocycles. The number of rotatable bonds is 4. The van der Waals surface area contributed by atoms with E-state index in [1.54, 1.807) is 0 Å². The number of hydrogen-bond donors (Lipinski definition) is 1. The van der Waals surface area contributed by atoms with E-state index < -0.39 is 5.97 Å². The molecule has 0 fully saturated rings. The molecule has 0 unspecified atom stereocenters. The van der Waals surface area contributed by atoms with Gasteiger partial charge in [-0.1, -0.05) is 44.7 Å². The van der Waals surface area contributed by atoms with E-state index in [0.29, 0.717) is 0 Å². The topological polar surface area (TPSA) is 55.1 Å². The molecule has 0 bridgehead atoms. The number of carbonyl (C=O) groups is 1. The molecule has 0 aliphatic heterocycles. The third kappa shape index (κ3) is 3.50. The summed E-state index contributed by atoms with van der Waals surface area (Å²) in [5.41, 5.74) is 2.09. The maximum absolute atomic E-state index is 10.7. The molecular formula is C14H18N2O2S. The molecule has 2 aromatic rings. The van der Waals surface area contributed by atoms with Gasteiger partial charge in [0.05, 0.1) is 16.8 Å². The van der Waals surface area contributed by atoms with Gasteiger partial charge >= 0.3 is 5.97 Å². The van der Waals surface area contributed by atoms with Gasteiger partial charge in [0.15, 0.2) is 5.16 Å². The molecule has 5 heteroatoms. The van der Waals surface area contributed by atoms with Crippen molar-refractivity contribution in [3.05, 3.63) is 24.3 Å². The summed E-state index contributed by atoms with van der Waals surface area (Å²) in [6, 6.07) is 7.91. The largest absolute Gasteiger partial charge is 0.481 e. The molecule has 1 N–H and O–H groups in total. The van der Waals surface area contributed by atoms with Crippen molar-refractivity contribution in [1.29, 1.82) is 0 Å². The van der Waals surface area contributed by atoms with E-state index in [1.165, 1.54) is 11.8 Å². The fraction of sp³-hybridized carbons (Fsp3) is 0.429. The lowest BCUT2D eigenvalue weighted by atomic mass is 9.97. The van der Waals surface area contributed by atoms with Crippen molar-refractivity contribution in [2.75, 3.05) is 5.75 Å². The molecule has 0 amide bonds. The summed E-state index contributed by atoms with van der Waals surface area (Å²) < 4.78 is 2.11. The molecule has 0 aliphatic carbocycles. The number of imidazole rings is 1. The third-order valence-electron chi connectivity index (χ3n) is 2.58. The Morgan fingerprint density at radius 1 is 1.37 bits per heavy atom. The quantitative estimate of drug-likeness (QED) is 0.872. The Hall–Kier alpha value is -1.49. The van der Waals surface area contributed by atoms with Gasteiger partial charge in [-0.15, -0.1) is 0 Å². The number of benzene rings is 1. The Morgan fingerprint density at radius 2 is 2.05 bits per heavy atom. The van der Waals surface area contributed by atoms with Gasteiger partial charge in [0.2, 0.25) is 0 Å². The molecular weight excluding hydrogens is 260 g/mol. The minimum Gasteiger partial charge on any atom is -0.481 e. The predicted octanol–water partition coefficient (Wildman–Crippen LogP) is 3.26. The molecule has 0 aliphatic rings. The third-order valence-corrected chi connectivity index (χ3v) is 3.54. The van der Waals surface area contributed by atoms with Gasteiger partial charge in [0.1, 0.15) is 0 Å². The number of carboxylic acid groups (broad SMARTS) is 1. The lowest BCUT2D eigenvalue weighted by Gasteiger charge is -2.20. The first kappa shape index (κ1) is 13.9. The highest BCUT2D eigenvalue weighted by molar-refractivity contribution is 7.99. The van der Waals surface area contributed by atoms with Crippen molar-refractivity contribution in [3.8, 4) is 0 Å². The highest BCUT2D eigenvalue weighted by Crippen LogP contribution is 2.28. The molecule has 102 valence electrons. The number of para-hydroxylation sites is 2. The SMILES string of the molecule is CC(C)(C)Cn1c(SCC(=O)O)nc2ccccc21. The summed E-state index contributed by atoms with van der Waals surface area (Å²) in [4.78, 5) is 15.3. The fourth-order valence-corrected chi connectivity index (χ4v) is 2.65. The minimum absolute atomic E-state index is 0.0352. The Balaban J connectivity index is 2.42. The maximum atomic E-state index is 10.7. The number of carboxylic acids is 1. The van der Waals surface area contributed by atoms with E-state index in [-0.39, 0.29) is 11.2 Å². The summed E-state index contributed by atoms with van der Waals surface area (Å²) in [5, 5.41) is 9.59. The van der Waals surface area contributed by atoms with Crippen LogP contribution in [0.15, 0.2) is 29.4 Å². The zero-order valence-corrected chi connectivity index (χ0v) is 12.2. The molecule has 0 radical (unpaired) electrons. The van der Waals surface area contributed by atoms with Crippen molar-refractivity contribution in [2.45, 2.75) is 32.5 Å². The Labute approximate surface area is 116 Å². The molecule has 1 aromatic heterocycles. The second-order valence-corrected chi connectivity index (χ2v) is 6.65. The van der Waals surface area contributed by atoms with Crippen LogP contribution >= 0.6 is 11.8 Å². The smallest absolute Gasteiger partial charge is 0.313 e. The van der Waals surface area contributed by atoms with Gasteiger partial charge in [0, 0.05) is 6.54 Å². The number of aromatic nitrogens is 2. The van der Waals surface area contributed by atoms with Crippen molar-refractivity contribution in [2.24, 2.45) is 5.41 Å². The van der Waals surface area contributed by atoms with Crippen LogP contribution in [0.4, 0.5) is 0 Å². The van der Waals surface area contributed by atoms with Gasteiger partial charge in [-0.25, -0.2) is 4.98 Å². The van der Waals surface area contributed by atoms with Crippen LogP contribution in [0.5, 0.6) is 0 Å².